The minimum Gasteiger partial charge on any atom is -0.458 e. The smallest absolute Gasteiger partial charge is 0.331 e. The molecule has 0 amide bonds. The van der Waals surface area contributed by atoms with E-state index in [-0.39, 0.29) is 29.8 Å². The largest absolute Gasteiger partial charge is 0.458 e. The van der Waals surface area contributed by atoms with E-state index in [1.807, 2.05) is 13.0 Å². The summed E-state index contributed by atoms with van der Waals surface area (Å²) in [6, 6.07) is 0. The van der Waals surface area contributed by atoms with Gasteiger partial charge in [0.25, 0.3) is 0 Å². The summed E-state index contributed by atoms with van der Waals surface area (Å²) < 4.78 is 4.96. The molecule has 3 aliphatic rings. The van der Waals surface area contributed by atoms with Crippen LogP contribution in [0.3, 0.4) is 0 Å². The van der Waals surface area contributed by atoms with E-state index in [0.717, 1.165) is 24.8 Å². The van der Waals surface area contributed by atoms with Gasteiger partial charge in [-0.15, -0.1) is 0 Å². The normalized spacial score (nSPS) is 42.8. The quantitative estimate of drug-likeness (QED) is 0.616. The predicted molar refractivity (Wildman–Crippen MR) is 92.1 cm³/mol. The molecule has 4 heteroatoms. The molecule has 1 heterocycles. The number of aliphatic hydroxyl groups is 2. The van der Waals surface area contributed by atoms with Crippen molar-refractivity contribution in [2.45, 2.75) is 45.6 Å². The zero-order valence-corrected chi connectivity index (χ0v) is 14.6. The second-order valence-electron chi connectivity index (χ2n) is 8.14. The Morgan fingerprint density at radius 2 is 2.17 bits per heavy atom. The topological polar surface area (TPSA) is 66.8 Å². The zero-order chi connectivity index (χ0) is 17.5. The van der Waals surface area contributed by atoms with Crippen LogP contribution in [0, 0.1) is 22.7 Å². The lowest BCUT2D eigenvalue weighted by Gasteiger charge is -2.59. The molecular formula is C20H28O4. The van der Waals surface area contributed by atoms with Gasteiger partial charge in [-0.3, -0.25) is 0 Å². The van der Waals surface area contributed by atoms with Gasteiger partial charge in [-0.25, -0.2) is 4.79 Å². The molecule has 2 N–H and O–H groups in total. The third-order valence-corrected chi connectivity index (χ3v) is 6.74. The van der Waals surface area contributed by atoms with Gasteiger partial charge in [0.1, 0.15) is 6.61 Å². The summed E-state index contributed by atoms with van der Waals surface area (Å²) in [7, 11) is 0. The van der Waals surface area contributed by atoms with Crippen molar-refractivity contribution in [3.8, 4) is 0 Å². The van der Waals surface area contributed by atoms with Crippen molar-refractivity contribution in [1.29, 1.82) is 0 Å². The van der Waals surface area contributed by atoms with Gasteiger partial charge in [0.15, 0.2) is 0 Å². The summed E-state index contributed by atoms with van der Waals surface area (Å²) in [6.45, 7) is 8.91. The maximum atomic E-state index is 11.2. The maximum absolute atomic E-state index is 11.2. The molecule has 0 aromatic rings. The SMILES string of the molecule is C=C1CC[C@H]2[C@](C)(CO)[C@@H](O)CC[C@]2(C)[C@H]1/C=C/C1=CC(=O)OC1. The minimum atomic E-state index is -0.467. The highest BCUT2D eigenvalue weighted by molar-refractivity contribution is 5.85. The van der Waals surface area contributed by atoms with E-state index in [1.54, 1.807) is 0 Å². The van der Waals surface area contributed by atoms with E-state index in [9.17, 15) is 15.0 Å². The highest BCUT2D eigenvalue weighted by Gasteiger charge is 2.57. The Morgan fingerprint density at radius 3 is 2.79 bits per heavy atom. The van der Waals surface area contributed by atoms with E-state index in [1.165, 1.54) is 11.6 Å². The molecule has 2 aliphatic carbocycles. The molecule has 0 aromatic heterocycles. The maximum Gasteiger partial charge on any atom is 0.331 e. The van der Waals surface area contributed by atoms with Crippen molar-refractivity contribution < 1.29 is 19.7 Å². The molecule has 1 aliphatic heterocycles. The highest BCUT2D eigenvalue weighted by Crippen LogP contribution is 2.61. The third-order valence-electron chi connectivity index (χ3n) is 6.74. The fourth-order valence-corrected chi connectivity index (χ4v) is 5.20. The zero-order valence-electron chi connectivity index (χ0n) is 14.6. The molecule has 2 saturated carbocycles. The molecule has 0 radical (unpaired) electrons. The summed E-state index contributed by atoms with van der Waals surface area (Å²) >= 11 is 0. The molecule has 0 saturated heterocycles. The van der Waals surface area contributed by atoms with E-state index in [4.69, 9.17) is 4.74 Å². The van der Waals surface area contributed by atoms with E-state index in [0.29, 0.717) is 13.0 Å². The van der Waals surface area contributed by atoms with E-state index >= 15 is 0 Å². The van der Waals surface area contributed by atoms with Crippen LogP contribution in [0.4, 0.5) is 0 Å². The number of ether oxygens (including phenoxy) is 1. The third kappa shape index (κ3) is 2.66. The monoisotopic (exact) mass is 332 g/mol. The Labute approximate surface area is 143 Å². The van der Waals surface area contributed by atoms with Gasteiger partial charge in [0, 0.05) is 17.4 Å². The second-order valence-corrected chi connectivity index (χ2v) is 8.14. The fourth-order valence-electron chi connectivity index (χ4n) is 5.20. The summed E-state index contributed by atoms with van der Waals surface area (Å²) in [4.78, 5) is 11.2. The van der Waals surface area contributed by atoms with Gasteiger partial charge < -0.3 is 14.9 Å². The molecule has 4 nitrogen and oxygen atoms in total. The first-order valence-corrected chi connectivity index (χ1v) is 8.83. The first-order valence-electron chi connectivity index (χ1n) is 8.83. The van der Waals surface area contributed by atoms with Crippen LogP contribution in [0.1, 0.15) is 39.5 Å². The number of aliphatic hydroxyl groups excluding tert-OH is 2. The molecule has 3 rings (SSSR count). The summed E-state index contributed by atoms with van der Waals surface area (Å²) in [5, 5.41) is 20.5. The Morgan fingerprint density at radius 1 is 1.42 bits per heavy atom. The lowest BCUT2D eigenvalue weighted by molar-refractivity contribution is -0.145. The molecular weight excluding hydrogens is 304 g/mol. The van der Waals surface area contributed by atoms with Crippen LogP contribution < -0.4 is 0 Å². The summed E-state index contributed by atoms with van der Waals surface area (Å²) in [6.07, 6.45) is 8.69. The van der Waals surface area contributed by atoms with Crippen LogP contribution in [0.2, 0.25) is 0 Å². The number of hydrogen-bond acceptors (Lipinski definition) is 4. The van der Waals surface area contributed by atoms with Crippen LogP contribution in [-0.2, 0) is 9.53 Å². The number of hydrogen-bond donors (Lipinski definition) is 2. The van der Waals surface area contributed by atoms with E-state index in [2.05, 4.69) is 19.6 Å². The number of allylic oxidation sites excluding steroid dienone is 2. The average Bonchev–Trinajstić information content (AvgIpc) is 2.96. The molecule has 0 unspecified atom stereocenters. The molecule has 5 atom stereocenters. The Balaban J connectivity index is 1.91. The predicted octanol–water partition coefficient (Wildman–Crippen LogP) is 2.77. The Bertz CT molecular complexity index is 605. The van der Waals surface area contributed by atoms with Crippen LogP contribution in [0.15, 0.2) is 36.0 Å². The van der Waals surface area contributed by atoms with E-state index < -0.39 is 11.5 Å². The van der Waals surface area contributed by atoms with Crippen molar-refractivity contribution in [2.75, 3.05) is 13.2 Å². The molecule has 0 spiro atoms. The van der Waals surface area contributed by atoms with Crippen LogP contribution in [0.25, 0.3) is 0 Å². The van der Waals surface area contributed by atoms with Gasteiger partial charge in [-0.05, 0) is 42.6 Å². The standard InChI is InChI=1S/C20H28O4/c1-13-4-7-16-19(2,9-8-17(22)20(16,3)12-21)15(13)6-5-14-10-18(23)24-11-14/h5-6,10,15-17,21-22H,1,4,7-9,11-12H2,2-3H3/b6-5+/t15-,16+,17-,19+,20-/m0/s1. The molecule has 0 aromatic carbocycles. The number of carbonyl (C=O) groups excluding carboxylic acids is 1. The van der Waals surface area contributed by atoms with Crippen molar-refractivity contribution in [3.63, 3.8) is 0 Å². The first kappa shape index (κ1) is 17.4. The minimum absolute atomic E-state index is 0.00479. The molecule has 24 heavy (non-hydrogen) atoms. The molecule has 132 valence electrons. The fraction of sp³-hybridized carbons (Fsp3) is 0.650. The Hall–Kier alpha value is -1.39. The highest BCUT2D eigenvalue weighted by atomic mass is 16.5. The van der Waals surface area contributed by atoms with Crippen LogP contribution >= 0.6 is 0 Å². The summed E-state index contributed by atoms with van der Waals surface area (Å²) in [5.41, 5.74) is 1.59. The van der Waals surface area contributed by atoms with Gasteiger partial charge in [-0.2, -0.15) is 0 Å². The number of fused-ring (bicyclic) bond motifs is 1. The second kappa shape index (κ2) is 6.16. The first-order chi connectivity index (χ1) is 11.3. The average molecular weight is 332 g/mol. The summed E-state index contributed by atoms with van der Waals surface area (Å²) in [5.74, 6) is 0.149. The molecule has 0 bridgehead atoms. The van der Waals surface area contributed by atoms with Crippen LogP contribution in [-0.4, -0.2) is 35.5 Å². The van der Waals surface area contributed by atoms with Crippen molar-refractivity contribution in [3.05, 3.63) is 36.0 Å². The molecule has 2 fully saturated rings. The lowest BCUT2D eigenvalue weighted by atomic mass is 9.46. The Kier molecular flexibility index (Phi) is 4.47. The van der Waals surface area contributed by atoms with Gasteiger partial charge in [0.2, 0.25) is 0 Å². The van der Waals surface area contributed by atoms with Crippen molar-refractivity contribution in [2.24, 2.45) is 22.7 Å². The number of carbonyl (C=O) groups is 1. The van der Waals surface area contributed by atoms with Gasteiger partial charge >= 0.3 is 5.97 Å². The number of rotatable bonds is 3. The van der Waals surface area contributed by atoms with Crippen molar-refractivity contribution >= 4 is 5.97 Å². The van der Waals surface area contributed by atoms with Gasteiger partial charge in [-0.1, -0.05) is 38.2 Å². The van der Waals surface area contributed by atoms with Gasteiger partial charge in [0.05, 0.1) is 12.7 Å². The van der Waals surface area contributed by atoms with Crippen LogP contribution in [0.5, 0.6) is 0 Å². The number of cyclic esters (lactones) is 1. The lowest BCUT2D eigenvalue weighted by Crippen LogP contribution is -2.57. The number of esters is 1. The van der Waals surface area contributed by atoms with Crippen molar-refractivity contribution in [1.82, 2.24) is 0 Å².